The number of rotatable bonds is 6. The molecule has 0 spiro atoms. The van der Waals surface area contributed by atoms with Gasteiger partial charge in [0, 0.05) is 12.4 Å². The maximum atomic E-state index is 13.7. The summed E-state index contributed by atoms with van der Waals surface area (Å²) in [4.78, 5) is 0. The van der Waals surface area contributed by atoms with Crippen LogP contribution in [0.1, 0.15) is 5.56 Å². The SMILES string of the molecule is NCCc1cc(F)c(OCCn2cccn2)c(F)c1. The molecule has 0 radical (unpaired) electrons. The van der Waals surface area contributed by atoms with Crippen LogP contribution >= 0.6 is 0 Å². The summed E-state index contributed by atoms with van der Waals surface area (Å²) in [5.74, 6) is -1.76. The van der Waals surface area contributed by atoms with Gasteiger partial charge in [0.2, 0.25) is 0 Å². The third-order valence-electron chi connectivity index (χ3n) is 2.62. The molecule has 0 aliphatic rings. The van der Waals surface area contributed by atoms with Crippen molar-refractivity contribution in [3.63, 3.8) is 0 Å². The molecule has 0 atom stereocenters. The van der Waals surface area contributed by atoms with E-state index in [1.165, 1.54) is 12.1 Å². The van der Waals surface area contributed by atoms with Gasteiger partial charge >= 0.3 is 0 Å². The fourth-order valence-electron chi connectivity index (χ4n) is 1.74. The van der Waals surface area contributed by atoms with Crippen LogP contribution in [-0.4, -0.2) is 22.9 Å². The summed E-state index contributed by atoms with van der Waals surface area (Å²) >= 11 is 0. The standard InChI is InChI=1S/C13H15F2N3O/c14-11-8-10(2-3-16)9-12(15)13(11)19-7-6-18-5-1-4-17-18/h1,4-5,8-9H,2-3,6-7,16H2. The summed E-state index contributed by atoms with van der Waals surface area (Å²) in [5.41, 5.74) is 5.87. The molecule has 0 amide bonds. The van der Waals surface area contributed by atoms with Crippen LogP contribution in [-0.2, 0) is 13.0 Å². The van der Waals surface area contributed by atoms with Crippen molar-refractivity contribution in [2.75, 3.05) is 13.2 Å². The zero-order valence-corrected chi connectivity index (χ0v) is 10.4. The Hall–Kier alpha value is -1.95. The molecule has 0 saturated carbocycles. The van der Waals surface area contributed by atoms with Crippen LogP contribution in [0.5, 0.6) is 5.75 Å². The average molecular weight is 267 g/mol. The van der Waals surface area contributed by atoms with Gasteiger partial charge in [-0.3, -0.25) is 4.68 Å². The van der Waals surface area contributed by atoms with Crippen LogP contribution in [0.2, 0.25) is 0 Å². The summed E-state index contributed by atoms with van der Waals surface area (Å²) in [6, 6.07) is 4.27. The van der Waals surface area contributed by atoms with Gasteiger partial charge in [0.1, 0.15) is 6.61 Å². The lowest BCUT2D eigenvalue weighted by Gasteiger charge is -2.10. The number of nitrogens with zero attached hydrogens (tertiary/aromatic N) is 2. The Morgan fingerprint density at radius 2 is 2.00 bits per heavy atom. The molecule has 0 unspecified atom stereocenters. The zero-order valence-electron chi connectivity index (χ0n) is 10.4. The Morgan fingerprint density at radius 3 is 2.58 bits per heavy atom. The van der Waals surface area contributed by atoms with Gasteiger partial charge in [-0.25, -0.2) is 8.78 Å². The molecule has 1 aromatic heterocycles. The van der Waals surface area contributed by atoms with Gasteiger partial charge in [0.25, 0.3) is 0 Å². The Kier molecular flexibility index (Phi) is 4.46. The van der Waals surface area contributed by atoms with Gasteiger partial charge in [-0.15, -0.1) is 0 Å². The second kappa shape index (κ2) is 6.29. The number of hydrogen-bond acceptors (Lipinski definition) is 3. The molecule has 1 heterocycles. The molecule has 2 aromatic rings. The second-order valence-corrected chi connectivity index (χ2v) is 4.04. The Bertz CT molecular complexity index is 506. The van der Waals surface area contributed by atoms with Crippen molar-refractivity contribution in [3.05, 3.63) is 47.8 Å². The Balaban J connectivity index is 1.99. The van der Waals surface area contributed by atoms with E-state index in [9.17, 15) is 8.78 Å². The summed E-state index contributed by atoms with van der Waals surface area (Å²) in [6.45, 7) is 0.917. The fraction of sp³-hybridized carbons (Fsp3) is 0.308. The number of aromatic nitrogens is 2. The van der Waals surface area contributed by atoms with Crippen LogP contribution in [0.4, 0.5) is 8.78 Å². The topological polar surface area (TPSA) is 53.1 Å². The number of halogens is 2. The first-order valence-electron chi connectivity index (χ1n) is 5.99. The number of benzene rings is 1. The first kappa shape index (κ1) is 13.5. The molecule has 102 valence electrons. The van der Waals surface area contributed by atoms with E-state index < -0.39 is 11.6 Å². The van der Waals surface area contributed by atoms with E-state index in [0.29, 0.717) is 25.1 Å². The van der Waals surface area contributed by atoms with Crippen LogP contribution in [0.3, 0.4) is 0 Å². The van der Waals surface area contributed by atoms with Crippen molar-refractivity contribution in [3.8, 4) is 5.75 Å². The van der Waals surface area contributed by atoms with E-state index in [4.69, 9.17) is 10.5 Å². The maximum absolute atomic E-state index is 13.7. The minimum atomic E-state index is -0.705. The third kappa shape index (κ3) is 3.51. The largest absolute Gasteiger partial charge is 0.486 e. The van der Waals surface area contributed by atoms with Crippen molar-refractivity contribution < 1.29 is 13.5 Å². The lowest BCUT2D eigenvalue weighted by Crippen LogP contribution is -2.10. The van der Waals surface area contributed by atoms with E-state index in [1.54, 1.807) is 23.1 Å². The lowest BCUT2D eigenvalue weighted by atomic mass is 10.1. The molecule has 0 aliphatic heterocycles. The summed E-state index contributed by atoms with van der Waals surface area (Å²) in [7, 11) is 0. The normalized spacial score (nSPS) is 10.7. The number of nitrogens with two attached hydrogens (primary N) is 1. The molecule has 0 aliphatic carbocycles. The highest BCUT2D eigenvalue weighted by Crippen LogP contribution is 2.23. The molecule has 1 aromatic carbocycles. The Labute approximate surface area is 109 Å². The van der Waals surface area contributed by atoms with E-state index in [1.807, 2.05) is 0 Å². The average Bonchev–Trinajstić information content (AvgIpc) is 2.86. The molecule has 6 heteroatoms. The molecule has 0 saturated heterocycles. The predicted molar refractivity (Wildman–Crippen MR) is 66.8 cm³/mol. The first-order valence-corrected chi connectivity index (χ1v) is 5.99. The molecule has 19 heavy (non-hydrogen) atoms. The molecule has 0 bridgehead atoms. The zero-order chi connectivity index (χ0) is 13.7. The van der Waals surface area contributed by atoms with Gasteiger partial charge in [0.05, 0.1) is 6.54 Å². The van der Waals surface area contributed by atoms with Crippen LogP contribution < -0.4 is 10.5 Å². The molecule has 2 N–H and O–H groups in total. The number of hydrogen-bond donors (Lipinski definition) is 1. The monoisotopic (exact) mass is 267 g/mol. The molecule has 2 rings (SSSR count). The van der Waals surface area contributed by atoms with Crippen molar-refractivity contribution >= 4 is 0 Å². The van der Waals surface area contributed by atoms with Gasteiger partial charge in [0.15, 0.2) is 17.4 Å². The van der Waals surface area contributed by atoms with Crippen molar-refractivity contribution in [1.29, 1.82) is 0 Å². The van der Waals surface area contributed by atoms with Crippen molar-refractivity contribution in [1.82, 2.24) is 9.78 Å². The van der Waals surface area contributed by atoms with Crippen molar-refractivity contribution in [2.45, 2.75) is 13.0 Å². The van der Waals surface area contributed by atoms with E-state index in [2.05, 4.69) is 5.10 Å². The second-order valence-electron chi connectivity index (χ2n) is 4.04. The number of ether oxygens (including phenoxy) is 1. The molecular formula is C13H15F2N3O. The molecular weight excluding hydrogens is 252 g/mol. The van der Waals surface area contributed by atoms with E-state index in [0.717, 1.165) is 0 Å². The fourth-order valence-corrected chi connectivity index (χ4v) is 1.74. The van der Waals surface area contributed by atoms with Gasteiger partial charge in [-0.1, -0.05) is 0 Å². The smallest absolute Gasteiger partial charge is 0.190 e. The highest BCUT2D eigenvalue weighted by atomic mass is 19.1. The Morgan fingerprint density at radius 1 is 1.26 bits per heavy atom. The minimum absolute atomic E-state index is 0.145. The third-order valence-corrected chi connectivity index (χ3v) is 2.62. The molecule has 0 fully saturated rings. The highest BCUT2D eigenvalue weighted by Gasteiger charge is 2.12. The van der Waals surface area contributed by atoms with Gasteiger partial charge in [-0.05, 0) is 36.7 Å². The first-order chi connectivity index (χ1) is 9.20. The van der Waals surface area contributed by atoms with Crippen LogP contribution in [0.25, 0.3) is 0 Å². The van der Waals surface area contributed by atoms with Crippen molar-refractivity contribution in [2.24, 2.45) is 5.73 Å². The molecule has 4 nitrogen and oxygen atoms in total. The highest BCUT2D eigenvalue weighted by molar-refractivity contribution is 5.31. The summed E-state index contributed by atoms with van der Waals surface area (Å²) in [6.07, 6.45) is 3.81. The quantitative estimate of drug-likeness (QED) is 0.867. The van der Waals surface area contributed by atoms with Crippen LogP contribution in [0, 0.1) is 11.6 Å². The maximum Gasteiger partial charge on any atom is 0.190 e. The van der Waals surface area contributed by atoms with Crippen LogP contribution in [0.15, 0.2) is 30.6 Å². The van der Waals surface area contributed by atoms with Gasteiger partial charge < -0.3 is 10.5 Å². The van der Waals surface area contributed by atoms with E-state index in [-0.39, 0.29) is 12.4 Å². The summed E-state index contributed by atoms with van der Waals surface area (Å²) < 4.78 is 34.1. The lowest BCUT2D eigenvalue weighted by molar-refractivity contribution is 0.264. The summed E-state index contributed by atoms with van der Waals surface area (Å²) in [5, 5.41) is 3.97. The van der Waals surface area contributed by atoms with E-state index >= 15 is 0 Å². The minimum Gasteiger partial charge on any atom is -0.486 e. The predicted octanol–water partition coefficient (Wildman–Crippen LogP) is 1.74. The van der Waals surface area contributed by atoms with Gasteiger partial charge in [-0.2, -0.15) is 5.10 Å².